The highest BCUT2D eigenvalue weighted by atomic mass is 16.4. The molecule has 9 heteroatoms. The molecule has 0 saturated carbocycles. The van der Waals surface area contributed by atoms with Crippen molar-refractivity contribution in [2.45, 2.75) is 50.4 Å². The number of carboxylic acids is 1. The van der Waals surface area contributed by atoms with Crippen LogP contribution in [0.1, 0.15) is 25.3 Å². The summed E-state index contributed by atoms with van der Waals surface area (Å²) in [6, 6.07) is 16.3. The number of aliphatic hydroxyl groups excluding tert-OH is 1. The van der Waals surface area contributed by atoms with E-state index in [0.717, 1.165) is 16.7 Å². The van der Waals surface area contributed by atoms with E-state index < -0.39 is 24.2 Å². The molecule has 2 aromatic carbocycles. The van der Waals surface area contributed by atoms with Crippen molar-refractivity contribution in [3.8, 4) is 11.1 Å². The Balaban J connectivity index is 1.67. The zero-order chi connectivity index (χ0) is 23.1. The van der Waals surface area contributed by atoms with Gasteiger partial charge in [0.2, 0.25) is 5.91 Å². The summed E-state index contributed by atoms with van der Waals surface area (Å²) in [4.78, 5) is 23.9. The van der Waals surface area contributed by atoms with E-state index in [2.05, 4.69) is 21.3 Å². The molecule has 0 bridgehead atoms. The largest absolute Gasteiger partial charge is 0.479 e. The van der Waals surface area contributed by atoms with Gasteiger partial charge in [0.1, 0.15) is 6.04 Å². The van der Waals surface area contributed by atoms with Gasteiger partial charge >= 0.3 is 5.97 Å². The van der Waals surface area contributed by atoms with Gasteiger partial charge in [-0.05, 0) is 36.5 Å². The van der Waals surface area contributed by atoms with E-state index in [4.69, 9.17) is 10.3 Å². The topological polar surface area (TPSA) is 143 Å². The Kier molecular flexibility index (Phi) is 7.93. The highest BCUT2D eigenvalue weighted by molar-refractivity contribution is 5.89. The van der Waals surface area contributed by atoms with Crippen LogP contribution in [0, 0.1) is 0 Å². The molecule has 0 aliphatic carbocycles. The van der Waals surface area contributed by atoms with E-state index in [1.54, 1.807) is 6.92 Å². The van der Waals surface area contributed by atoms with Crippen molar-refractivity contribution in [2.24, 2.45) is 5.16 Å². The molecule has 2 unspecified atom stereocenters. The van der Waals surface area contributed by atoms with Crippen molar-refractivity contribution >= 4 is 17.6 Å². The average Bonchev–Trinajstić information content (AvgIpc) is 3.30. The van der Waals surface area contributed by atoms with Crippen LogP contribution in [0.25, 0.3) is 11.1 Å². The van der Waals surface area contributed by atoms with Crippen molar-refractivity contribution in [1.82, 2.24) is 16.2 Å². The molecule has 1 aliphatic rings. The normalized spacial score (nSPS) is 20.5. The molecule has 1 saturated heterocycles. The first-order valence-electron chi connectivity index (χ1n) is 10.4. The Morgan fingerprint density at radius 1 is 1.06 bits per heavy atom. The monoisotopic (exact) mass is 440 g/mol. The van der Waals surface area contributed by atoms with Crippen LogP contribution in [0.15, 0.2) is 59.8 Å². The zero-order valence-corrected chi connectivity index (χ0v) is 17.7. The number of aliphatic carboxylic acids is 1. The smallest absolute Gasteiger partial charge is 0.332 e. The van der Waals surface area contributed by atoms with Crippen LogP contribution in [0.4, 0.5) is 0 Å². The molecule has 0 spiro atoms. The quantitative estimate of drug-likeness (QED) is 0.196. The number of carbonyl (C=O) groups is 2. The van der Waals surface area contributed by atoms with Crippen molar-refractivity contribution in [1.29, 1.82) is 0 Å². The number of amides is 1. The van der Waals surface area contributed by atoms with E-state index in [1.807, 2.05) is 54.6 Å². The Bertz CT molecular complexity index is 949. The molecule has 4 atom stereocenters. The number of carboxylic acid groups (broad SMARTS) is 1. The summed E-state index contributed by atoms with van der Waals surface area (Å²) in [6.07, 6.45) is -0.967. The molecule has 0 aromatic heterocycles. The molecule has 2 aromatic rings. The number of rotatable bonds is 9. The van der Waals surface area contributed by atoms with Crippen molar-refractivity contribution in [3.63, 3.8) is 0 Å². The lowest BCUT2D eigenvalue weighted by Gasteiger charge is -2.22. The predicted octanol–water partition coefficient (Wildman–Crippen LogP) is 1.30. The number of nitrogens with zero attached hydrogens (tertiary/aromatic N) is 1. The van der Waals surface area contributed by atoms with E-state index in [9.17, 15) is 14.7 Å². The number of carbonyl (C=O) groups excluding carboxylic acids is 1. The lowest BCUT2D eigenvalue weighted by molar-refractivity contribution is -0.147. The van der Waals surface area contributed by atoms with Gasteiger partial charge in [0, 0.05) is 12.5 Å². The molecule has 170 valence electrons. The Labute approximate surface area is 186 Å². The maximum Gasteiger partial charge on any atom is 0.332 e. The Morgan fingerprint density at radius 2 is 1.69 bits per heavy atom. The lowest BCUT2D eigenvalue weighted by atomic mass is 9.97. The van der Waals surface area contributed by atoms with Crippen molar-refractivity contribution in [2.75, 3.05) is 0 Å². The minimum absolute atomic E-state index is 0.123. The molecule has 1 aliphatic heterocycles. The molecule has 1 fully saturated rings. The second kappa shape index (κ2) is 10.9. The summed E-state index contributed by atoms with van der Waals surface area (Å²) in [7, 11) is 0. The lowest BCUT2D eigenvalue weighted by Crippen LogP contribution is -2.49. The fourth-order valence-corrected chi connectivity index (χ4v) is 3.69. The van der Waals surface area contributed by atoms with Gasteiger partial charge in [-0.15, -0.1) is 0 Å². The third-order valence-electron chi connectivity index (χ3n) is 5.56. The van der Waals surface area contributed by atoms with Crippen LogP contribution in [0.3, 0.4) is 0 Å². The number of hydrazine groups is 1. The van der Waals surface area contributed by atoms with Crippen LogP contribution < -0.4 is 16.2 Å². The van der Waals surface area contributed by atoms with Gasteiger partial charge in [0.05, 0.1) is 11.8 Å². The Morgan fingerprint density at radius 3 is 2.31 bits per heavy atom. The zero-order valence-electron chi connectivity index (χ0n) is 17.7. The van der Waals surface area contributed by atoms with Crippen LogP contribution in [-0.2, 0) is 16.0 Å². The fraction of sp³-hybridized carbons (Fsp3) is 0.348. The Hall–Kier alpha value is -3.27. The maximum absolute atomic E-state index is 12.7. The summed E-state index contributed by atoms with van der Waals surface area (Å²) >= 11 is 0. The van der Waals surface area contributed by atoms with Crippen LogP contribution in [0.2, 0.25) is 0 Å². The van der Waals surface area contributed by atoms with Gasteiger partial charge in [-0.25, -0.2) is 15.6 Å². The molecule has 9 nitrogen and oxygen atoms in total. The van der Waals surface area contributed by atoms with Crippen molar-refractivity contribution < 1.29 is 25.0 Å². The molecule has 6 N–H and O–H groups in total. The number of hydrogen-bond acceptors (Lipinski definition) is 7. The van der Waals surface area contributed by atoms with Gasteiger partial charge in [-0.3, -0.25) is 4.79 Å². The summed E-state index contributed by atoms with van der Waals surface area (Å²) in [6.45, 7) is 1.64. The minimum atomic E-state index is -1.59. The molecular formula is C23H28N4O5. The number of oxime groups is 1. The summed E-state index contributed by atoms with van der Waals surface area (Å²) in [5.41, 5.74) is 9.25. The number of benzene rings is 2. The fourth-order valence-electron chi connectivity index (χ4n) is 3.69. The SMILES string of the molecule is C/C(=N\O)C1CC(C(=O)N[C@H](Cc2ccc(-c3ccccc3)cc2)C[C@@H](O)C(=O)O)NN1. The molecule has 3 rings (SSSR count). The van der Waals surface area contributed by atoms with E-state index in [-0.39, 0.29) is 18.4 Å². The highest BCUT2D eigenvalue weighted by Crippen LogP contribution is 2.20. The first kappa shape index (κ1) is 23.4. The number of nitrogens with one attached hydrogen (secondary N) is 3. The first-order chi connectivity index (χ1) is 15.4. The second-order valence-corrected chi connectivity index (χ2v) is 7.93. The average molecular weight is 441 g/mol. The van der Waals surface area contributed by atoms with Gasteiger partial charge in [-0.2, -0.15) is 0 Å². The molecule has 0 radical (unpaired) electrons. The number of hydrogen-bond donors (Lipinski definition) is 6. The number of aliphatic hydroxyl groups is 1. The van der Waals surface area contributed by atoms with E-state index >= 15 is 0 Å². The molecule has 1 heterocycles. The predicted molar refractivity (Wildman–Crippen MR) is 119 cm³/mol. The molecule has 1 amide bonds. The molecular weight excluding hydrogens is 412 g/mol. The van der Waals surface area contributed by atoms with Crippen LogP contribution in [0.5, 0.6) is 0 Å². The highest BCUT2D eigenvalue weighted by Gasteiger charge is 2.32. The second-order valence-electron chi connectivity index (χ2n) is 7.93. The van der Waals surface area contributed by atoms with Gasteiger partial charge in [0.25, 0.3) is 0 Å². The van der Waals surface area contributed by atoms with Gasteiger partial charge in [-0.1, -0.05) is 59.8 Å². The summed E-state index contributed by atoms with van der Waals surface area (Å²) in [5, 5.41) is 33.9. The van der Waals surface area contributed by atoms with E-state index in [1.165, 1.54) is 0 Å². The minimum Gasteiger partial charge on any atom is -0.479 e. The summed E-state index contributed by atoms with van der Waals surface area (Å²) in [5.74, 6) is -1.66. The molecule has 32 heavy (non-hydrogen) atoms. The van der Waals surface area contributed by atoms with Gasteiger partial charge in [0.15, 0.2) is 6.10 Å². The van der Waals surface area contributed by atoms with Crippen LogP contribution in [-0.4, -0.2) is 57.2 Å². The third-order valence-corrected chi connectivity index (χ3v) is 5.56. The van der Waals surface area contributed by atoms with Gasteiger partial charge < -0.3 is 20.7 Å². The summed E-state index contributed by atoms with van der Waals surface area (Å²) < 4.78 is 0. The third kappa shape index (κ3) is 6.13. The van der Waals surface area contributed by atoms with Crippen molar-refractivity contribution in [3.05, 3.63) is 60.2 Å². The maximum atomic E-state index is 12.7. The first-order valence-corrected chi connectivity index (χ1v) is 10.4. The van der Waals surface area contributed by atoms with E-state index in [0.29, 0.717) is 18.6 Å². The standard InChI is InChI=1S/C23H28N4O5/c1-14(27-32)19-13-20(26-25-19)22(29)24-18(12-21(28)23(30)31)11-15-7-9-17(10-8-15)16-5-3-2-4-6-16/h2-10,18-21,25-26,28,32H,11-13H2,1H3,(H,24,29)(H,30,31)/b27-14+/t18-,19?,20?,21-/m1/s1. The van der Waals surface area contributed by atoms with Crippen LogP contribution >= 0.6 is 0 Å².